The second-order valence-corrected chi connectivity index (χ2v) is 3.76. The van der Waals surface area contributed by atoms with Gasteiger partial charge in [0.05, 0.1) is 7.11 Å². The Labute approximate surface area is 101 Å². The molecule has 0 fully saturated rings. The second-order valence-electron chi connectivity index (χ2n) is 3.76. The first-order chi connectivity index (χ1) is 8.20. The number of rotatable bonds is 3. The minimum absolute atomic E-state index is 0.257. The van der Waals surface area contributed by atoms with Crippen molar-refractivity contribution in [2.45, 2.75) is 0 Å². The standard InChI is InChI=1S/C15H14O2/c1-11(12-6-8-14(16)9-7-12)13-4-3-5-15(10-13)17-2/h3-10,16H,1H2,2H3. The van der Waals surface area contributed by atoms with Crippen LogP contribution in [-0.2, 0) is 0 Å². The van der Waals surface area contributed by atoms with Crippen LogP contribution in [0.4, 0.5) is 0 Å². The Balaban J connectivity index is 2.33. The van der Waals surface area contributed by atoms with E-state index in [0.717, 1.165) is 22.4 Å². The summed E-state index contributed by atoms with van der Waals surface area (Å²) in [5.41, 5.74) is 2.90. The van der Waals surface area contributed by atoms with Gasteiger partial charge in [0.2, 0.25) is 0 Å². The van der Waals surface area contributed by atoms with E-state index in [4.69, 9.17) is 4.74 Å². The van der Waals surface area contributed by atoms with Gasteiger partial charge >= 0.3 is 0 Å². The highest BCUT2D eigenvalue weighted by Gasteiger charge is 2.03. The average Bonchev–Trinajstić information content (AvgIpc) is 2.39. The van der Waals surface area contributed by atoms with Gasteiger partial charge in [-0.1, -0.05) is 30.8 Å². The lowest BCUT2D eigenvalue weighted by atomic mass is 9.99. The third-order valence-corrected chi connectivity index (χ3v) is 2.63. The van der Waals surface area contributed by atoms with Crippen LogP contribution in [0.3, 0.4) is 0 Å². The molecule has 0 spiro atoms. The van der Waals surface area contributed by atoms with E-state index in [1.807, 2.05) is 36.4 Å². The van der Waals surface area contributed by atoms with Crippen molar-refractivity contribution in [2.75, 3.05) is 7.11 Å². The Bertz CT molecular complexity index is 527. The maximum Gasteiger partial charge on any atom is 0.119 e. The first kappa shape index (κ1) is 11.3. The van der Waals surface area contributed by atoms with Gasteiger partial charge in [0.15, 0.2) is 0 Å². The monoisotopic (exact) mass is 226 g/mol. The van der Waals surface area contributed by atoms with E-state index in [2.05, 4.69) is 6.58 Å². The maximum atomic E-state index is 9.24. The van der Waals surface area contributed by atoms with Crippen LogP contribution in [0, 0.1) is 0 Å². The van der Waals surface area contributed by atoms with E-state index in [9.17, 15) is 5.11 Å². The molecule has 0 aliphatic heterocycles. The van der Waals surface area contributed by atoms with Crippen LogP contribution in [-0.4, -0.2) is 12.2 Å². The fourth-order valence-electron chi connectivity index (χ4n) is 1.64. The van der Waals surface area contributed by atoms with Crippen molar-refractivity contribution in [1.29, 1.82) is 0 Å². The number of ether oxygens (including phenoxy) is 1. The molecule has 1 N–H and O–H groups in total. The molecule has 2 rings (SSSR count). The summed E-state index contributed by atoms with van der Waals surface area (Å²) < 4.78 is 5.18. The number of phenols is 1. The zero-order valence-electron chi connectivity index (χ0n) is 9.68. The first-order valence-electron chi connectivity index (χ1n) is 5.33. The fraction of sp³-hybridized carbons (Fsp3) is 0.0667. The van der Waals surface area contributed by atoms with Crippen molar-refractivity contribution >= 4 is 5.57 Å². The van der Waals surface area contributed by atoms with Gasteiger partial charge in [-0.05, 0) is 41.0 Å². The smallest absolute Gasteiger partial charge is 0.119 e. The molecule has 0 aromatic heterocycles. The minimum Gasteiger partial charge on any atom is -0.508 e. The summed E-state index contributed by atoms with van der Waals surface area (Å²) >= 11 is 0. The highest BCUT2D eigenvalue weighted by Crippen LogP contribution is 2.25. The van der Waals surface area contributed by atoms with Crippen molar-refractivity contribution in [1.82, 2.24) is 0 Å². The van der Waals surface area contributed by atoms with Gasteiger partial charge in [0, 0.05) is 0 Å². The molecule has 0 aliphatic carbocycles. The fourth-order valence-corrected chi connectivity index (χ4v) is 1.64. The Morgan fingerprint density at radius 3 is 2.41 bits per heavy atom. The largest absolute Gasteiger partial charge is 0.508 e. The lowest BCUT2D eigenvalue weighted by Gasteiger charge is -2.08. The van der Waals surface area contributed by atoms with Gasteiger partial charge in [0.25, 0.3) is 0 Å². The number of hydrogen-bond acceptors (Lipinski definition) is 2. The SMILES string of the molecule is C=C(c1ccc(O)cc1)c1cccc(OC)c1. The minimum atomic E-state index is 0.257. The quantitative estimate of drug-likeness (QED) is 0.868. The van der Waals surface area contributed by atoms with Crippen LogP contribution in [0.15, 0.2) is 55.1 Å². The highest BCUT2D eigenvalue weighted by atomic mass is 16.5. The van der Waals surface area contributed by atoms with E-state index in [1.165, 1.54) is 0 Å². The predicted octanol–water partition coefficient (Wildman–Crippen LogP) is 3.46. The van der Waals surface area contributed by atoms with Crippen LogP contribution < -0.4 is 4.74 Å². The molecule has 86 valence electrons. The summed E-state index contributed by atoms with van der Waals surface area (Å²) in [6, 6.07) is 14.7. The zero-order valence-corrected chi connectivity index (χ0v) is 9.68. The molecule has 0 aliphatic rings. The van der Waals surface area contributed by atoms with Gasteiger partial charge in [-0.2, -0.15) is 0 Å². The molecule has 0 saturated carbocycles. The van der Waals surface area contributed by atoms with Gasteiger partial charge in [0.1, 0.15) is 11.5 Å². The van der Waals surface area contributed by atoms with Gasteiger partial charge in [-0.3, -0.25) is 0 Å². The topological polar surface area (TPSA) is 29.5 Å². The highest BCUT2D eigenvalue weighted by molar-refractivity contribution is 5.78. The first-order valence-corrected chi connectivity index (χ1v) is 5.33. The molecule has 0 heterocycles. The third-order valence-electron chi connectivity index (χ3n) is 2.63. The van der Waals surface area contributed by atoms with E-state index in [1.54, 1.807) is 19.2 Å². The second kappa shape index (κ2) is 4.74. The molecule has 2 aromatic rings. The molecule has 0 amide bonds. The molecule has 2 heteroatoms. The maximum absolute atomic E-state index is 9.24. The van der Waals surface area contributed by atoms with Crippen LogP contribution in [0.25, 0.3) is 5.57 Å². The summed E-state index contributed by atoms with van der Waals surface area (Å²) in [6.07, 6.45) is 0. The van der Waals surface area contributed by atoms with E-state index >= 15 is 0 Å². The summed E-state index contributed by atoms with van der Waals surface area (Å²) in [7, 11) is 1.64. The van der Waals surface area contributed by atoms with Crippen molar-refractivity contribution in [2.24, 2.45) is 0 Å². The molecule has 17 heavy (non-hydrogen) atoms. The molecular formula is C15H14O2. The van der Waals surface area contributed by atoms with Crippen LogP contribution in [0.2, 0.25) is 0 Å². The molecule has 0 atom stereocenters. The number of phenolic OH excluding ortho intramolecular Hbond substituents is 1. The molecule has 0 saturated heterocycles. The van der Waals surface area contributed by atoms with Gasteiger partial charge in [-0.15, -0.1) is 0 Å². The number of aromatic hydroxyl groups is 1. The Hall–Kier alpha value is -2.22. The number of methoxy groups -OCH3 is 1. The van der Waals surface area contributed by atoms with Gasteiger partial charge < -0.3 is 9.84 Å². The van der Waals surface area contributed by atoms with E-state index in [0.29, 0.717) is 0 Å². The van der Waals surface area contributed by atoms with Crippen molar-refractivity contribution in [3.63, 3.8) is 0 Å². The third kappa shape index (κ3) is 2.48. The normalized spacial score (nSPS) is 9.94. The molecule has 2 aromatic carbocycles. The molecule has 0 unspecified atom stereocenters. The summed E-state index contributed by atoms with van der Waals surface area (Å²) in [6.45, 7) is 4.06. The molecule has 2 nitrogen and oxygen atoms in total. The Kier molecular flexibility index (Phi) is 3.15. The molecule has 0 bridgehead atoms. The lowest BCUT2D eigenvalue weighted by Crippen LogP contribution is -1.88. The Morgan fingerprint density at radius 1 is 1.06 bits per heavy atom. The molecule has 0 radical (unpaired) electrons. The van der Waals surface area contributed by atoms with Gasteiger partial charge in [-0.25, -0.2) is 0 Å². The predicted molar refractivity (Wildman–Crippen MR) is 69.2 cm³/mol. The van der Waals surface area contributed by atoms with Crippen LogP contribution in [0.1, 0.15) is 11.1 Å². The molecular weight excluding hydrogens is 212 g/mol. The number of hydrogen-bond donors (Lipinski definition) is 1. The average molecular weight is 226 g/mol. The summed E-state index contributed by atoms with van der Waals surface area (Å²) in [5.74, 6) is 1.06. The van der Waals surface area contributed by atoms with E-state index in [-0.39, 0.29) is 5.75 Å². The summed E-state index contributed by atoms with van der Waals surface area (Å²) in [4.78, 5) is 0. The number of benzene rings is 2. The van der Waals surface area contributed by atoms with Crippen LogP contribution in [0.5, 0.6) is 11.5 Å². The summed E-state index contributed by atoms with van der Waals surface area (Å²) in [5, 5.41) is 9.24. The van der Waals surface area contributed by atoms with Crippen molar-refractivity contribution in [3.05, 3.63) is 66.2 Å². The van der Waals surface area contributed by atoms with Crippen LogP contribution >= 0.6 is 0 Å². The van der Waals surface area contributed by atoms with E-state index < -0.39 is 0 Å². The Morgan fingerprint density at radius 2 is 1.76 bits per heavy atom. The van der Waals surface area contributed by atoms with Crippen molar-refractivity contribution < 1.29 is 9.84 Å². The lowest BCUT2D eigenvalue weighted by molar-refractivity contribution is 0.414. The van der Waals surface area contributed by atoms with Crippen molar-refractivity contribution in [3.8, 4) is 11.5 Å². The zero-order chi connectivity index (χ0) is 12.3.